The topological polar surface area (TPSA) is 92.8 Å². The number of carbonyl (C=O) groups excluding carboxylic acids is 4. The zero-order valence-corrected chi connectivity index (χ0v) is 15.0. The smallest absolute Gasteiger partial charge is 0.255 e. The van der Waals surface area contributed by atoms with Crippen LogP contribution in [0, 0.1) is 0 Å². The third-order valence-electron chi connectivity index (χ3n) is 3.89. The third-order valence-corrected chi connectivity index (χ3v) is 3.89. The molecule has 1 aromatic rings. The maximum absolute atomic E-state index is 12.5. The monoisotopic (exact) mass is 485 g/mol. The molecule has 2 heterocycles. The largest absolute Gasteiger partial charge is 0.650 e. The number of benzene rings is 1. The van der Waals surface area contributed by atoms with Crippen LogP contribution < -0.4 is 5.32 Å². The van der Waals surface area contributed by atoms with Crippen LogP contribution in [-0.2, 0) is 53.3 Å². The van der Waals surface area contributed by atoms with Gasteiger partial charge in [0.05, 0.1) is 6.61 Å². The van der Waals surface area contributed by atoms with Crippen molar-refractivity contribution in [3.05, 3.63) is 34.9 Å². The summed E-state index contributed by atoms with van der Waals surface area (Å²) in [6.45, 7) is 1.71. The first-order valence-electron chi connectivity index (χ1n) is 6.85. The van der Waals surface area contributed by atoms with E-state index in [1.54, 1.807) is 18.2 Å². The van der Waals surface area contributed by atoms with Gasteiger partial charge in [0.2, 0.25) is 11.8 Å². The molecule has 1 atom stereocenters. The maximum atomic E-state index is 12.5. The van der Waals surface area contributed by atoms with Gasteiger partial charge in [0.25, 0.3) is 5.91 Å². The van der Waals surface area contributed by atoms with E-state index in [0.717, 1.165) is 5.56 Å². The number of nitrogens with one attached hydrogen (secondary N) is 1. The summed E-state index contributed by atoms with van der Waals surface area (Å²) in [6, 6.07) is 4.57. The van der Waals surface area contributed by atoms with Gasteiger partial charge >= 0.3 is 0 Å². The molecule has 0 aliphatic carbocycles. The molecule has 1 unspecified atom stereocenters. The first-order chi connectivity index (χ1) is 10.6. The van der Waals surface area contributed by atoms with Crippen LogP contribution in [0.15, 0.2) is 18.2 Å². The van der Waals surface area contributed by atoms with Gasteiger partial charge in [0, 0.05) is 39.6 Å². The van der Waals surface area contributed by atoms with Gasteiger partial charge in [0.1, 0.15) is 6.04 Å². The van der Waals surface area contributed by atoms with Crippen LogP contribution >= 0.6 is 0 Å². The summed E-state index contributed by atoms with van der Waals surface area (Å²) >= 11 is 0. The van der Waals surface area contributed by atoms with E-state index in [1.165, 1.54) is 11.4 Å². The molecule has 2 aliphatic rings. The average Bonchev–Trinajstić information content (AvgIpc) is 2.82. The molecule has 0 spiro atoms. The number of fused-ring (bicyclic) bond motifs is 1. The molecule has 3 amide bonds. The fraction of sp³-hybridized carbons (Fsp3) is 0.333. The third kappa shape index (κ3) is 3.34. The number of carbonyl (C=O) groups is 3. The van der Waals surface area contributed by atoms with Gasteiger partial charge in [-0.3, -0.25) is 19.7 Å². The Kier molecular flexibility index (Phi) is 5.31. The number of hydrogen-bond donors (Lipinski definition) is 1. The van der Waals surface area contributed by atoms with E-state index < -0.39 is 11.9 Å². The number of nitrogens with zero attached hydrogens (tertiary/aromatic N) is 1. The van der Waals surface area contributed by atoms with Crippen LogP contribution in [0.4, 0.5) is 0 Å². The summed E-state index contributed by atoms with van der Waals surface area (Å²) in [5, 5.41) is 2.26. The van der Waals surface area contributed by atoms with Gasteiger partial charge in [-0.15, -0.1) is 0 Å². The summed E-state index contributed by atoms with van der Waals surface area (Å²) < 4.78 is 4.55. The van der Waals surface area contributed by atoms with Gasteiger partial charge < -0.3 is 14.4 Å². The van der Waals surface area contributed by atoms with Gasteiger partial charge in [-0.05, 0) is 23.6 Å². The van der Waals surface area contributed by atoms with Crippen molar-refractivity contribution >= 4 is 24.2 Å². The van der Waals surface area contributed by atoms with Crippen LogP contribution in [-0.4, -0.2) is 35.1 Å². The van der Waals surface area contributed by atoms with Crippen molar-refractivity contribution < 1.29 is 45.0 Å². The molecular formula is C15H13N2O5W-. The molecule has 0 saturated carbocycles. The van der Waals surface area contributed by atoms with E-state index in [4.69, 9.17) is 0 Å². The number of piperidine rings is 1. The second-order valence-corrected chi connectivity index (χ2v) is 5.26. The summed E-state index contributed by atoms with van der Waals surface area (Å²) in [6.07, 6.45) is 0.561. The molecule has 1 saturated heterocycles. The van der Waals surface area contributed by atoms with E-state index in [0.29, 0.717) is 24.1 Å². The number of amides is 3. The van der Waals surface area contributed by atoms with Crippen LogP contribution in [0.3, 0.4) is 0 Å². The predicted octanol–water partition coefficient (Wildman–Crippen LogP) is 0.0289. The normalized spacial score (nSPS) is 19.7. The minimum absolute atomic E-state index is 0. The Balaban J connectivity index is 0.00000192. The van der Waals surface area contributed by atoms with Crippen molar-refractivity contribution in [1.82, 2.24) is 10.2 Å². The van der Waals surface area contributed by atoms with Crippen LogP contribution in [0.2, 0.25) is 0 Å². The first kappa shape index (κ1) is 17.3. The summed E-state index contributed by atoms with van der Waals surface area (Å²) in [7, 11) is 0. The molecule has 1 aromatic carbocycles. The molecule has 7 nitrogen and oxygen atoms in total. The molecule has 1 fully saturated rings. The molecule has 2 aliphatic heterocycles. The zero-order valence-electron chi connectivity index (χ0n) is 12.0. The molecule has 23 heavy (non-hydrogen) atoms. The molecule has 8 heteroatoms. The minimum Gasteiger partial charge on any atom is -0.650 e. The Labute approximate surface area is 146 Å². The molecule has 120 valence electrons. The van der Waals surface area contributed by atoms with E-state index in [9.17, 15) is 19.2 Å². The van der Waals surface area contributed by atoms with Crippen molar-refractivity contribution in [3.8, 4) is 0 Å². The van der Waals surface area contributed by atoms with Crippen molar-refractivity contribution in [1.29, 1.82) is 0 Å². The molecular weight excluding hydrogens is 472 g/mol. The van der Waals surface area contributed by atoms with Gasteiger partial charge in [-0.1, -0.05) is 18.6 Å². The van der Waals surface area contributed by atoms with Crippen molar-refractivity contribution in [2.24, 2.45) is 0 Å². The molecule has 1 N–H and O–H groups in total. The van der Waals surface area contributed by atoms with Crippen molar-refractivity contribution in [2.45, 2.75) is 32.0 Å². The quantitative estimate of drug-likeness (QED) is 0.480. The van der Waals surface area contributed by atoms with Crippen molar-refractivity contribution in [3.63, 3.8) is 0 Å². The summed E-state index contributed by atoms with van der Waals surface area (Å²) in [5.74, 6) is -0.993. The summed E-state index contributed by atoms with van der Waals surface area (Å²) in [4.78, 5) is 47.2. The van der Waals surface area contributed by atoms with Crippen molar-refractivity contribution in [2.75, 3.05) is 0 Å². The predicted molar refractivity (Wildman–Crippen MR) is 73.0 cm³/mol. The second kappa shape index (κ2) is 7.04. The Hall–Kier alpha value is -2.01. The summed E-state index contributed by atoms with van der Waals surface area (Å²) in [5.41, 5.74) is 1.99. The number of ether oxygens (including phenoxy) is 1. The van der Waals surface area contributed by atoms with E-state index >= 15 is 0 Å². The SMILES string of the molecule is O=[C-]OCc1ccc2c(c1)C(=O)N(C1CCC(=O)NC1=O)C2.[W]. The van der Waals surface area contributed by atoms with E-state index in [-0.39, 0.29) is 45.9 Å². The van der Waals surface area contributed by atoms with E-state index in [1.807, 2.05) is 0 Å². The van der Waals surface area contributed by atoms with Gasteiger partial charge in [-0.25, -0.2) is 0 Å². The zero-order chi connectivity index (χ0) is 15.7. The Bertz CT molecular complexity index is 676. The number of imide groups is 1. The van der Waals surface area contributed by atoms with Crippen LogP contribution in [0.25, 0.3) is 0 Å². The first-order valence-corrected chi connectivity index (χ1v) is 6.85. The Morgan fingerprint density at radius 3 is 2.78 bits per heavy atom. The van der Waals surface area contributed by atoms with Gasteiger partial charge in [0.15, 0.2) is 0 Å². The fourth-order valence-electron chi connectivity index (χ4n) is 2.80. The second-order valence-electron chi connectivity index (χ2n) is 5.26. The number of rotatable bonds is 4. The minimum atomic E-state index is -0.624. The molecule has 0 radical (unpaired) electrons. The fourth-order valence-corrected chi connectivity index (χ4v) is 2.80. The Morgan fingerprint density at radius 2 is 2.09 bits per heavy atom. The molecule has 0 aromatic heterocycles. The standard InChI is InChI=1S/C15H13N2O5.W/c18-8-22-7-9-1-2-10-6-17(15(21)11(10)5-9)12-3-4-13(19)16-14(12)20;/h1-2,5,12H,3-4,6-7H2,(H,16,19,20);/q-1;. The Morgan fingerprint density at radius 1 is 1.30 bits per heavy atom. The molecule has 3 rings (SSSR count). The van der Waals surface area contributed by atoms with Crippen LogP contribution in [0.5, 0.6) is 0 Å². The average molecular weight is 485 g/mol. The van der Waals surface area contributed by atoms with Gasteiger partial charge in [-0.2, -0.15) is 0 Å². The maximum Gasteiger partial charge on any atom is 0.255 e. The molecule has 0 bridgehead atoms. The van der Waals surface area contributed by atoms with Crippen LogP contribution in [0.1, 0.15) is 34.3 Å². The van der Waals surface area contributed by atoms with E-state index in [2.05, 4.69) is 10.1 Å². The number of hydrogen-bond acceptors (Lipinski definition) is 5.